The second-order valence-electron chi connectivity index (χ2n) is 12.7. The summed E-state index contributed by atoms with van der Waals surface area (Å²) in [7, 11) is 0. The van der Waals surface area contributed by atoms with Crippen molar-refractivity contribution in [1.82, 2.24) is 15.3 Å². The summed E-state index contributed by atoms with van der Waals surface area (Å²) in [6.07, 6.45) is 5.26. The molecular weight excluding hydrogens is 453 g/mol. The van der Waals surface area contributed by atoms with Gasteiger partial charge in [0.25, 0.3) is 0 Å². The fraction of sp³-hybridized carbons (Fsp3) is 0.667. The number of halogens is 2. The second-order valence-corrected chi connectivity index (χ2v) is 13.5. The summed E-state index contributed by atoms with van der Waals surface area (Å²) in [5.41, 5.74) is 2.43. The van der Waals surface area contributed by atoms with Gasteiger partial charge in [0, 0.05) is 11.5 Å². The Balaban J connectivity index is 1.48. The van der Waals surface area contributed by atoms with Crippen LogP contribution in [0.4, 0.5) is 0 Å². The lowest BCUT2D eigenvalue weighted by Crippen LogP contribution is -2.56. The molecule has 4 nitrogen and oxygen atoms in total. The van der Waals surface area contributed by atoms with Gasteiger partial charge in [-0.2, -0.15) is 0 Å². The van der Waals surface area contributed by atoms with Crippen LogP contribution in [-0.2, 0) is 15.6 Å². The molecule has 6 rings (SSSR count). The van der Waals surface area contributed by atoms with Gasteiger partial charge in [-0.25, -0.2) is 9.97 Å². The zero-order chi connectivity index (χ0) is 23.8. The van der Waals surface area contributed by atoms with E-state index >= 15 is 0 Å². The van der Waals surface area contributed by atoms with E-state index in [-0.39, 0.29) is 33.6 Å². The van der Waals surface area contributed by atoms with Crippen molar-refractivity contribution in [2.45, 2.75) is 90.5 Å². The van der Waals surface area contributed by atoms with Crippen molar-refractivity contribution < 1.29 is 4.79 Å². The van der Waals surface area contributed by atoms with Gasteiger partial charge < -0.3 is 5.32 Å². The van der Waals surface area contributed by atoms with Gasteiger partial charge in [-0.3, -0.25) is 4.79 Å². The molecule has 0 aliphatic heterocycles. The number of carbonyl (C=O) groups excluding carboxylic acids is 1. The first-order chi connectivity index (χ1) is 15.3. The Bertz CT molecular complexity index is 1240. The third-order valence-electron chi connectivity index (χ3n) is 11.6. The van der Waals surface area contributed by atoms with Crippen LogP contribution in [0, 0.1) is 22.2 Å². The molecule has 1 amide bonds. The molecule has 4 aliphatic rings. The number of amides is 1. The van der Waals surface area contributed by atoms with Crippen LogP contribution in [-0.4, -0.2) is 21.9 Å². The van der Waals surface area contributed by atoms with Crippen molar-refractivity contribution in [2.75, 3.05) is 0 Å². The average molecular weight is 486 g/mol. The van der Waals surface area contributed by atoms with E-state index in [1.54, 1.807) is 12.1 Å². The molecule has 0 saturated heterocycles. The van der Waals surface area contributed by atoms with Crippen LogP contribution in [0.1, 0.15) is 85.0 Å². The first-order valence-corrected chi connectivity index (χ1v) is 13.0. The molecule has 1 aromatic heterocycles. The van der Waals surface area contributed by atoms with Crippen LogP contribution in [0.15, 0.2) is 12.1 Å². The number of nitrogens with one attached hydrogen (secondary N) is 1. The fourth-order valence-electron chi connectivity index (χ4n) is 8.30. The number of rotatable bonds is 2. The maximum absolute atomic E-state index is 14.4. The van der Waals surface area contributed by atoms with E-state index in [9.17, 15) is 4.79 Å². The molecule has 6 heteroatoms. The molecule has 1 heterocycles. The molecule has 176 valence electrons. The molecule has 3 fully saturated rings. The predicted octanol–water partition coefficient (Wildman–Crippen LogP) is 6.60. The summed E-state index contributed by atoms with van der Waals surface area (Å²) in [6, 6.07) is 3.78. The lowest BCUT2D eigenvalue weighted by molar-refractivity contribution is -0.132. The van der Waals surface area contributed by atoms with E-state index in [0.29, 0.717) is 21.5 Å². The number of nitrogens with zero attached hydrogens (tertiary/aromatic N) is 2. The monoisotopic (exact) mass is 485 g/mol. The van der Waals surface area contributed by atoms with Crippen LogP contribution in [0.25, 0.3) is 11.0 Å². The Hall–Kier alpha value is -1.39. The van der Waals surface area contributed by atoms with Crippen molar-refractivity contribution in [2.24, 2.45) is 22.2 Å². The number of benzene rings is 1. The molecule has 5 atom stereocenters. The van der Waals surface area contributed by atoms with Gasteiger partial charge in [0.1, 0.15) is 0 Å². The van der Waals surface area contributed by atoms with Gasteiger partial charge in [-0.05, 0) is 66.4 Å². The zero-order valence-corrected chi connectivity index (χ0v) is 21.9. The van der Waals surface area contributed by atoms with Crippen molar-refractivity contribution in [3.8, 4) is 0 Å². The molecule has 33 heavy (non-hydrogen) atoms. The van der Waals surface area contributed by atoms with Gasteiger partial charge in [0.2, 0.25) is 5.91 Å². The van der Waals surface area contributed by atoms with Gasteiger partial charge in [-0.1, -0.05) is 64.7 Å². The average Bonchev–Trinajstić information content (AvgIpc) is 3.22. The predicted molar refractivity (Wildman–Crippen MR) is 133 cm³/mol. The topological polar surface area (TPSA) is 54.9 Å². The Kier molecular flexibility index (Phi) is 4.17. The highest BCUT2D eigenvalue weighted by Crippen LogP contribution is 2.71. The van der Waals surface area contributed by atoms with E-state index in [4.69, 9.17) is 33.2 Å². The van der Waals surface area contributed by atoms with Crippen molar-refractivity contribution in [1.29, 1.82) is 0 Å². The van der Waals surface area contributed by atoms with Gasteiger partial charge in [-0.15, -0.1) is 0 Å². The summed E-state index contributed by atoms with van der Waals surface area (Å²) in [6.45, 7) is 13.9. The van der Waals surface area contributed by atoms with E-state index < -0.39 is 5.41 Å². The lowest BCUT2D eigenvalue weighted by atomic mass is 9.63. The first-order valence-electron chi connectivity index (χ1n) is 12.3. The molecule has 2 aromatic rings. The Morgan fingerprint density at radius 1 is 0.939 bits per heavy atom. The fourth-order valence-corrected chi connectivity index (χ4v) is 8.62. The maximum Gasteiger partial charge on any atom is 0.233 e. The summed E-state index contributed by atoms with van der Waals surface area (Å²) in [5.74, 6) is 0.817. The number of hydrogen-bond donors (Lipinski definition) is 1. The second kappa shape index (κ2) is 6.23. The molecule has 5 unspecified atom stereocenters. The van der Waals surface area contributed by atoms with Gasteiger partial charge >= 0.3 is 0 Å². The highest BCUT2D eigenvalue weighted by Gasteiger charge is 2.74. The molecule has 4 bridgehead atoms. The molecule has 0 spiro atoms. The van der Waals surface area contributed by atoms with Crippen molar-refractivity contribution in [3.05, 3.63) is 33.6 Å². The van der Waals surface area contributed by atoms with Crippen LogP contribution in [0.2, 0.25) is 10.0 Å². The van der Waals surface area contributed by atoms with Crippen LogP contribution >= 0.6 is 23.2 Å². The third kappa shape index (κ3) is 2.29. The Morgan fingerprint density at radius 2 is 1.55 bits per heavy atom. The SMILES string of the molecule is CC12CCC(C(=O)NC3CC4CCC3(C)C4(C)C)(c3nc4cc(Cl)c(Cl)cc4nc31)C2(C)C. The van der Waals surface area contributed by atoms with E-state index in [2.05, 4.69) is 46.9 Å². The summed E-state index contributed by atoms with van der Waals surface area (Å²) in [5, 5.41) is 4.53. The highest BCUT2D eigenvalue weighted by molar-refractivity contribution is 6.42. The molecule has 0 radical (unpaired) electrons. The maximum atomic E-state index is 14.4. The number of aromatic nitrogens is 2. The summed E-state index contributed by atoms with van der Waals surface area (Å²) >= 11 is 12.6. The minimum Gasteiger partial charge on any atom is -0.352 e. The normalized spacial score (nSPS) is 39.3. The summed E-state index contributed by atoms with van der Waals surface area (Å²) in [4.78, 5) is 24.5. The molecule has 1 aromatic carbocycles. The minimum absolute atomic E-state index is 0.136. The molecule has 1 N–H and O–H groups in total. The number of hydrogen-bond acceptors (Lipinski definition) is 3. The first kappa shape index (κ1) is 22.1. The van der Waals surface area contributed by atoms with E-state index in [0.717, 1.165) is 36.2 Å². The van der Waals surface area contributed by atoms with Crippen LogP contribution in [0.3, 0.4) is 0 Å². The van der Waals surface area contributed by atoms with E-state index in [1.165, 1.54) is 12.8 Å². The van der Waals surface area contributed by atoms with Crippen molar-refractivity contribution >= 4 is 40.1 Å². The Labute approximate surface area is 206 Å². The summed E-state index contributed by atoms with van der Waals surface area (Å²) < 4.78 is 0. The molecule has 3 saturated carbocycles. The van der Waals surface area contributed by atoms with Gasteiger partial charge in [0.05, 0.1) is 37.9 Å². The highest BCUT2D eigenvalue weighted by atomic mass is 35.5. The van der Waals surface area contributed by atoms with E-state index in [1.807, 2.05) is 0 Å². The minimum atomic E-state index is -0.688. The Morgan fingerprint density at radius 3 is 2.09 bits per heavy atom. The smallest absolute Gasteiger partial charge is 0.233 e. The number of fused-ring (bicyclic) bond motifs is 8. The number of carbonyl (C=O) groups is 1. The lowest BCUT2D eigenvalue weighted by Gasteiger charge is -2.43. The molecule has 4 aliphatic carbocycles. The molecular formula is C27H33Cl2N3O. The van der Waals surface area contributed by atoms with Crippen LogP contribution in [0.5, 0.6) is 0 Å². The largest absolute Gasteiger partial charge is 0.352 e. The third-order valence-corrected chi connectivity index (χ3v) is 12.3. The standard InChI is InChI=1S/C27H33Cl2N3O/c1-23(2)14-7-8-25(23,5)19(11-14)32-22(33)27-10-9-26(6,24(27,3)4)20-21(27)31-18-13-16(29)15(28)12-17(18)30-20/h12-14,19H,7-11H2,1-6H3,(H,32,33). The van der Waals surface area contributed by atoms with Gasteiger partial charge in [0.15, 0.2) is 0 Å². The quantitative estimate of drug-likeness (QED) is 0.521. The zero-order valence-electron chi connectivity index (χ0n) is 20.4. The van der Waals surface area contributed by atoms with Crippen molar-refractivity contribution in [3.63, 3.8) is 0 Å². The van der Waals surface area contributed by atoms with Crippen LogP contribution < -0.4 is 5.32 Å².